The van der Waals surface area contributed by atoms with Gasteiger partial charge in [-0.1, -0.05) is 36.4 Å². The average molecular weight is 373 g/mol. The molecular weight excluding hydrogens is 342 g/mol. The highest BCUT2D eigenvalue weighted by molar-refractivity contribution is 5.77. The average Bonchev–Trinajstić information content (AvgIpc) is 2.59. The van der Waals surface area contributed by atoms with E-state index in [1.165, 1.54) is 6.92 Å². The maximum absolute atomic E-state index is 12.7. The molecule has 0 unspecified atom stereocenters. The summed E-state index contributed by atoms with van der Waals surface area (Å²) in [6.45, 7) is 7.60. The van der Waals surface area contributed by atoms with Crippen molar-refractivity contribution in [2.45, 2.75) is 51.7 Å². The highest BCUT2D eigenvalue weighted by atomic mass is 16.3. The van der Waals surface area contributed by atoms with Gasteiger partial charge in [-0.25, -0.2) is 4.79 Å². The second-order valence-corrected chi connectivity index (χ2v) is 7.42. The fourth-order valence-corrected chi connectivity index (χ4v) is 3.65. The molecule has 1 aliphatic heterocycles. The number of nitrogens with zero attached hydrogens (tertiary/aromatic N) is 2. The van der Waals surface area contributed by atoms with Gasteiger partial charge in [0.25, 0.3) is 0 Å². The summed E-state index contributed by atoms with van der Waals surface area (Å²) in [5.41, 5.74) is 2.17. The largest absolute Gasteiger partial charge is 0.394 e. The lowest BCUT2D eigenvalue weighted by molar-refractivity contribution is -0.129. The molecule has 0 aliphatic carbocycles. The molecule has 1 aromatic rings. The summed E-state index contributed by atoms with van der Waals surface area (Å²) in [6, 6.07) is 7.47. The fourth-order valence-electron chi connectivity index (χ4n) is 3.65. The Kier molecular flexibility index (Phi) is 7.02. The standard InChI is InChI=1S/C21H31N3O3/c1-6-7-16-8-10-17(11-9-16)20-18(12-23(5)15(4)26)24(19(20)13-25)21(27)22-14(2)3/h6-11,14,18-20,25H,12-13H2,1-5H3,(H,22,27)/b7-6+/t18-,19+,20-/m0/s1. The first-order valence-electron chi connectivity index (χ1n) is 9.44. The molecule has 2 N–H and O–H groups in total. The summed E-state index contributed by atoms with van der Waals surface area (Å²) in [4.78, 5) is 27.7. The number of aliphatic hydroxyl groups is 1. The third-order valence-electron chi connectivity index (χ3n) is 5.06. The van der Waals surface area contributed by atoms with Crippen LogP contribution in [0.1, 0.15) is 44.7 Å². The molecule has 1 aliphatic rings. The van der Waals surface area contributed by atoms with Gasteiger partial charge in [0, 0.05) is 32.5 Å². The van der Waals surface area contributed by atoms with Crippen LogP contribution in [0.4, 0.5) is 4.79 Å². The normalized spacial score (nSPS) is 22.0. The number of benzene rings is 1. The van der Waals surface area contributed by atoms with Crippen LogP contribution in [0.2, 0.25) is 0 Å². The number of hydrogen-bond acceptors (Lipinski definition) is 3. The third kappa shape index (κ3) is 4.69. The van der Waals surface area contributed by atoms with Gasteiger partial charge in [-0.05, 0) is 31.9 Å². The lowest BCUT2D eigenvalue weighted by Gasteiger charge is -2.55. The van der Waals surface area contributed by atoms with E-state index in [0.29, 0.717) is 6.54 Å². The maximum Gasteiger partial charge on any atom is 0.318 e. The van der Waals surface area contributed by atoms with Crippen LogP contribution in [0.25, 0.3) is 6.08 Å². The summed E-state index contributed by atoms with van der Waals surface area (Å²) in [7, 11) is 1.74. The van der Waals surface area contributed by atoms with Crippen LogP contribution in [0.3, 0.4) is 0 Å². The smallest absolute Gasteiger partial charge is 0.318 e. The van der Waals surface area contributed by atoms with Crippen molar-refractivity contribution in [3.63, 3.8) is 0 Å². The summed E-state index contributed by atoms with van der Waals surface area (Å²) < 4.78 is 0. The van der Waals surface area contributed by atoms with Crippen LogP contribution in [-0.4, -0.2) is 65.2 Å². The number of aliphatic hydroxyl groups excluding tert-OH is 1. The molecule has 1 saturated heterocycles. The van der Waals surface area contributed by atoms with E-state index in [1.54, 1.807) is 16.8 Å². The van der Waals surface area contributed by atoms with Crippen molar-refractivity contribution in [3.05, 3.63) is 41.5 Å². The number of likely N-dealkylation sites (N-methyl/N-ethyl adjacent to an activating group) is 1. The van der Waals surface area contributed by atoms with Crippen LogP contribution in [-0.2, 0) is 4.79 Å². The van der Waals surface area contributed by atoms with E-state index in [0.717, 1.165) is 11.1 Å². The van der Waals surface area contributed by atoms with Crippen LogP contribution in [0.5, 0.6) is 0 Å². The van der Waals surface area contributed by atoms with Gasteiger partial charge in [-0.2, -0.15) is 0 Å². The Morgan fingerprint density at radius 3 is 2.37 bits per heavy atom. The zero-order chi connectivity index (χ0) is 20.1. The quantitative estimate of drug-likeness (QED) is 0.804. The molecule has 6 nitrogen and oxygen atoms in total. The highest BCUT2D eigenvalue weighted by Crippen LogP contribution is 2.41. The Balaban J connectivity index is 2.31. The molecule has 27 heavy (non-hydrogen) atoms. The first-order chi connectivity index (χ1) is 12.8. The van der Waals surface area contributed by atoms with E-state index in [4.69, 9.17) is 0 Å². The maximum atomic E-state index is 12.7. The van der Waals surface area contributed by atoms with Crippen LogP contribution < -0.4 is 5.32 Å². The van der Waals surface area contributed by atoms with Gasteiger partial charge in [0.2, 0.25) is 5.91 Å². The molecule has 148 valence electrons. The van der Waals surface area contributed by atoms with Crippen molar-refractivity contribution >= 4 is 18.0 Å². The van der Waals surface area contributed by atoms with Crippen LogP contribution in [0.15, 0.2) is 30.3 Å². The number of nitrogens with one attached hydrogen (secondary N) is 1. The number of hydrogen-bond donors (Lipinski definition) is 2. The number of urea groups is 1. The van der Waals surface area contributed by atoms with Gasteiger partial charge < -0.3 is 20.2 Å². The monoisotopic (exact) mass is 373 g/mol. The Hall–Kier alpha value is -2.34. The Morgan fingerprint density at radius 1 is 1.26 bits per heavy atom. The summed E-state index contributed by atoms with van der Waals surface area (Å²) in [5.74, 6) is -0.0665. The first-order valence-corrected chi connectivity index (χ1v) is 9.44. The van der Waals surface area contributed by atoms with Crippen molar-refractivity contribution in [2.24, 2.45) is 0 Å². The molecule has 2 rings (SSSR count). The van der Waals surface area contributed by atoms with Crippen molar-refractivity contribution < 1.29 is 14.7 Å². The van der Waals surface area contributed by atoms with Crippen LogP contribution >= 0.6 is 0 Å². The lowest BCUT2D eigenvalue weighted by Crippen LogP contribution is -2.70. The minimum atomic E-state index is -0.304. The Labute approximate surface area is 161 Å². The lowest BCUT2D eigenvalue weighted by atomic mass is 9.75. The van der Waals surface area contributed by atoms with Crippen molar-refractivity contribution in [3.8, 4) is 0 Å². The minimum Gasteiger partial charge on any atom is -0.394 e. The highest BCUT2D eigenvalue weighted by Gasteiger charge is 2.51. The minimum absolute atomic E-state index is 0.00203. The number of carbonyl (C=O) groups is 2. The zero-order valence-electron chi connectivity index (χ0n) is 16.8. The molecule has 3 amide bonds. The molecule has 1 aromatic carbocycles. The zero-order valence-corrected chi connectivity index (χ0v) is 16.8. The van der Waals surface area contributed by atoms with E-state index in [-0.39, 0.29) is 42.6 Å². The third-order valence-corrected chi connectivity index (χ3v) is 5.06. The molecule has 3 atom stereocenters. The molecule has 1 heterocycles. The number of likely N-dealkylation sites (tertiary alicyclic amines) is 1. The molecule has 1 fully saturated rings. The summed E-state index contributed by atoms with van der Waals surface area (Å²) in [5, 5.41) is 12.9. The SMILES string of the molecule is C/C=C/c1ccc([C@@H]2[C@@H](CO)N(C(=O)NC(C)C)[C@H]2CN(C)C(C)=O)cc1. The predicted molar refractivity (Wildman–Crippen MR) is 107 cm³/mol. The van der Waals surface area contributed by atoms with Crippen LogP contribution in [0, 0.1) is 0 Å². The van der Waals surface area contributed by atoms with E-state index in [9.17, 15) is 14.7 Å². The number of rotatable bonds is 6. The predicted octanol–water partition coefficient (Wildman–Crippen LogP) is 2.44. The molecular formula is C21H31N3O3. The number of amides is 3. The van der Waals surface area contributed by atoms with Gasteiger partial charge in [-0.3, -0.25) is 4.79 Å². The molecule has 0 aromatic heterocycles. The second kappa shape index (κ2) is 9.04. The number of carbonyl (C=O) groups excluding carboxylic acids is 2. The van der Waals surface area contributed by atoms with E-state index < -0.39 is 0 Å². The Bertz CT molecular complexity index is 684. The van der Waals surface area contributed by atoms with Crippen molar-refractivity contribution in [1.29, 1.82) is 0 Å². The molecule has 0 bridgehead atoms. The first kappa shape index (κ1) is 21.0. The van der Waals surface area contributed by atoms with Gasteiger partial charge in [0.1, 0.15) is 0 Å². The molecule has 0 radical (unpaired) electrons. The number of allylic oxidation sites excluding steroid dienone is 1. The van der Waals surface area contributed by atoms with Gasteiger partial charge >= 0.3 is 6.03 Å². The molecule has 0 spiro atoms. The van der Waals surface area contributed by atoms with Gasteiger partial charge in [0.05, 0.1) is 18.7 Å². The van der Waals surface area contributed by atoms with Crippen molar-refractivity contribution in [2.75, 3.05) is 20.2 Å². The topological polar surface area (TPSA) is 72.9 Å². The van der Waals surface area contributed by atoms with E-state index in [2.05, 4.69) is 5.32 Å². The Morgan fingerprint density at radius 2 is 1.89 bits per heavy atom. The van der Waals surface area contributed by atoms with Gasteiger partial charge in [-0.15, -0.1) is 0 Å². The fraction of sp³-hybridized carbons (Fsp3) is 0.524. The summed E-state index contributed by atoms with van der Waals surface area (Å²) in [6.07, 6.45) is 4.01. The molecule has 6 heteroatoms. The molecule has 0 saturated carbocycles. The second-order valence-electron chi connectivity index (χ2n) is 7.42. The summed E-state index contributed by atoms with van der Waals surface area (Å²) >= 11 is 0. The van der Waals surface area contributed by atoms with Gasteiger partial charge in [0.15, 0.2) is 0 Å². The van der Waals surface area contributed by atoms with E-state index >= 15 is 0 Å². The van der Waals surface area contributed by atoms with Crippen molar-refractivity contribution in [1.82, 2.24) is 15.1 Å². The van der Waals surface area contributed by atoms with E-state index in [1.807, 2.05) is 57.2 Å².